The van der Waals surface area contributed by atoms with Crippen molar-refractivity contribution in [2.75, 3.05) is 17.7 Å². The lowest BCUT2D eigenvalue weighted by Gasteiger charge is -2.12. The minimum Gasteiger partial charge on any atom is -0.497 e. The summed E-state index contributed by atoms with van der Waals surface area (Å²) in [6.45, 7) is 1.94. The van der Waals surface area contributed by atoms with Crippen molar-refractivity contribution < 1.29 is 9.53 Å². The Morgan fingerprint density at radius 2 is 1.91 bits per heavy atom. The molecule has 2 N–H and O–H groups in total. The van der Waals surface area contributed by atoms with Gasteiger partial charge in [0.2, 0.25) is 0 Å². The minimum absolute atomic E-state index is 0.369. The fourth-order valence-electron chi connectivity index (χ4n) is 1.93. The Balaban J connectivity index is 2.14. The summed E-state index contributed by atoms with van der Waals surface area (Å²) in [5.41, 5.74) is 2.86. The van der Waals surface area contributed by atoms with Crippen molar-refractivity contribution in [1.82, 2.24) is 0 Å². The van der Waals surface area contributed by atoms with Crippen molar-refractivity contribution in [3.05, 3.63) is 52.0 Å². The van der Waals surface area contributed by atoms with Crippen LogP contribution in [0.25, 0.3) is 0 Å². The molecule has 0 radical (unpaired) electrons. The third-order valence-corrected chi connectivity index (χ3v) is 3.60. The smallest absolute Gasteiger partial charge is 0.323 e. The molecule has 0 aromatic heterocycles. The van der Waals surface area contributed by atoms with Crippen molar-refractivity contribution in [2.24, 2.45) is 0 Å². The zero-order valence-corrected chi connectivity index (χ0v) is 13.8. The van der Waals surface area contributed by atoms with E-state index < -0.39 is 0 Å². The van der Waals surface area contributed by atoms with E-state index in [4.69, 9.17) is 11.2 Å². The van der Waals surface area contributed by atoms with E-state index in [2.05, 4.69) is 32.5 Å². The molecule has 0 heterocycles. The van der Waals surface area contributed by atoms with Crippen LogP contribution in [-0.4, -0.2) is 13.1 Å². The SMILES string of the molecule is C#Cc1cc(C)cc(Br)c1NC(=O)Nc1ccc(OC)cc1. The maximum Gasteiger partial charge on any atom is 0.323 e. The molecule has 112 valence electrons. The Hall–Kier alpha value is -2.45. The molecule has 5 heteroatoms. The number of nitrogens with one attached hydrogen (secondary N) is 2. The number of rotatable bonds is 3. The second-order valence-corrected chi connectivity index (χ2v) is 5.48. The van der Waals surface area contributed by atoms with Gasteiger partial charge in [0, 0.05) is 15.7 Å². The topological polar surface area (TPSA) is 50.4 Å². The highest BCUT2D eigenvalue weighted by molar-refractivity contribution is 9.10. The van der Waals surface area contributed by atoms with Gasteiger partial charge in [0.15, 0.2) is 0 Å². The summed E-state index contributed by atoms with van der Waals surface area (Å²) in [7, 11) is 1.59. The van der Waals surface area contributed by atoms with E-state index in [0.717, 1.165) is 15.8 Å². The monoisotopic (exact) mass is 358 g/mol. The van der Waals surface area contributed by atoms with E-state index >= 15 is 0 Å². The highest BCUT2D eigenvalue weighted by Gasteiger charge is 2.10. The fourth-order valence-corrected chi connectivity index (χ4v) is 2.61. The van der Waals surface area contributed by atoms with Gasteiger partial charge in [0.25, 0.3) is 0 Å². The number of hydrogen-bond donors (Lipinski definition) is 2. The van der Waals surface area contributed by atoms with Gasteiger partial charge in [-0.3, -0.25) is 0 Å². The maximum atomic E-state index is 12.1. The van der Waals surface area contributed by atoms with Crippen LogP contribution in [-0.2, 0) is 0 Å². The Morgan fingerprint density at radius 1 is 1.23 bits per heavy atom. The average Bonchev–Trinajstić information content (AvgIpc) is 2.50. The maximum absolute atomic E-state index is 12.1. The second-order valence-electron chi connectivity index (χ2n) is 4.62. The van der Waals surface area contributed by atoms with Crippen molar-refractivity contribution in [3.63, 3.8) is 0 Å². The predicted molar refractivity (Wildman–Crippen MR) is 92.4 cm³/mol. The number of halogens is 1. The number of hydrogen-bond acceptors (Lipinski definition) is 2. The number of aryl methyl sites for hydroxylation is 1. The number of benzene rings is 2. The van der Waals surface area contributed by atoms with Crippen LogP contribution in [0.2, 0.25) is 0 Å². The van der Waals surface area contributed by atoms with E-state index in [-0.39, 0.29) is 6.03 Å². The van der Waals surface area contributed by atoms with E-state index in [9.17, 15) is 4.79 Å². The lowest BCUT2D eigenvalue weighted by Crippen LogP contribution is -2.20. The molecule has 22 heavy (non-hydrogen) atoms. The zero-order chi connectivity index (χ0) is 16.1. The predicted octanol–water partition coefficient (Wildman–Crippen LogP) is 4.39. The number of anilines is 2. The van der Waals surface area contributed by atoms with Gasteiger partial charge in [0.1, 0.15) is 5.75 Å². The number of amides is 2. The Morgan fingerprint density at radius 3 is 2.50 bits per heavy atom. The quantitative estimate of drug-likeness (QED) is 0.799. The standard InChI is InChI=1S/C17H15BrN2O2/c1-4-12-9-11(2)10-15(18)16(12)20-17(21)19-13-5-7-14(22-3)8-6-13/h1,5-10H,2-3H3,(H2,19,20,21). The third-order valence-electron chi connectivity index (χ3n) is 2.98. The van der Waals surface area contributed by atoms with Gasteiger partial charge in [-0.25, -0.2) is 4.79 Å². The molecule has 0 aliphatic carbocycles. The average molecular weight is 359 g/mol. The van der Waals surface area contributed by atoms with E-state index in [1.807, 2.05) is 19.1 Å². The van der Waals surface area contributed by atoms with Crippen LogP contribution in [0.1, 0.15) is 11.1 Å². The normalized spacial score (nSPS) is 9.73. The number of ether oxygens (including phenoxy) is 1. The Kier molecular flexibility index (Phi) is 5.08. The molecule has 2 aromatic rings. The number of carbonyl (C=O) groups excluding carboxylic acids is 1. The number of carbonyl (C=O) groups is 1. The van der Waals surface area contributed by atoms with E-state index in [0.29, 0.717) is 16.9 Å². The number of terminal acetylenes is 1. The van der Waals surface area contributed by atoms with Crippen LogP contribution in [0.3, 0.4) is 0 Å². The molecular formula is C17H15BrN2O2. The molecule has 0 aliphatic heterocycles. The molecule has 0 spiro atoms. The lowest BCUT2D eigenvalue weighted by atomic mass is 10.1. The largest absolute Gasteiger partial charge is 0.497 e. The molecule has 0 saturated carbocycles. The van der Waals surface area contributed by atoms with Crippen molar-refractivity contribution in [2.45, 2.75) is 6.92 Å². The van der Waals surface area contributed by atoms with Crippen LogP contribution in [0.15, 0.2) is 40.9 Å². The molecular weight excluding hydrogens is 344 g/mol. The van der Waals surface area contributed by atoms with Gasteiger partial charge in [-0.1, -0.05) is 5.92 Å². The second kappa shape index (κ2) is 7.01. The summed E-state index contributed by atoms with van der Waals surface area (Å²) in [6.07, 6.45) is 5.49. The van der Waals surface area contributed by atoms with Crippen LogP contribution in [0.5, 0.6) is 5.75 Å². The summed E-state index contributed by atoms with van der Waals surface area (Å²) in [4.78, 5) is 12.1. The summed E-state index contributed by atoms with van der Waals surface area (Å²) < 4.78 is 5.81. The highest BCUT2D eigenvalue weighted by atomic mass is 79.9. The lowest BCUT2D eigenvalue weighted by molar-refractivity contribution is 0.262. The van der Waals surface area contributed by atoms with Crippen LogP contribution in [0, 0.1) is 19.3 Å². The zero-order valence-electron chi connectivity index (χ0n) is 12.2. The molecule has 0 saturated heterocycles. The Labute approximate surface area is 138 Å². The number of urea groups is 1. The molecule has 2 amide bonds. The molecule has 4 nitrogen and oxygen atoms in total. The van der Waals surface area contributed by atoms with Gasteiger partial charge < -0.3 is 15.4 Å². The van der Waals surface area contributed by atoms with Crippen LogP contribution in [0.4, 0.5) is 16.2 Å². The van der Waals surface area contributed by atoms with Gasteiger partial charge in [-0.2, -0.15) is 0 Å². The summed E-state index contributed by atoms with van der Waals surface area (Å²) in [5.74, 6) is 3.30. The van der Waals surface area contributed by atoms with E-state index in [1.54, 1.807) is 31.4 Å². The van der Waals surface area contributed by atoms with Gasteiger partial charge >= 0.3 is 6.03 Å². The molecule has 0 fully saturated rings. The first-order valence-electron chi connectivity index (χ1n) is 6.52. The molecule has 0 atom stereocenters. The van der Waals surface area contributed by atoms with Crippen molar-refractivity contribution >= 4 is 33.3 Å². The molecule has 0 aliphatic rings. The van der Waals surface area contributed by atoms with Crippen LogP contribution < -0.4 is 15.4 Å². The van der Waals surface area contributed by atoms with Gasteiger partial charge in [-0.15, -0.1) is 6.42 Å². The Bertz CT molecular complexity index is 734. The minimum atomic E-state index is -0.369. The first kappa shape index (κ1) is 15.9. The van der Waals surface area contributed by atoms with Crippen molar-refractivity contribution in [3.8, 4) is 18.1 Å². The van der Waals surface area contributed by atoms with Crippen molar-refractivity contribution in [1.29, 1.82) is 0 Å². The molecule has 2 rings (SSSR count). The molecule has 0 unspecified atom stereocenters. The van der Waals surface area contributed by atoms with Gasteiger partial charge in [0.05, 0.1) is 12.8 Å². The number of methoxy groups -OCH3 is 1. The fraction of sp³-hybridized carbons (Fsp3) is 0.118. The summed E-state index contributed by atoms with van der Waals surface area (Å²) in [6, 6.07) is 10.4. The van der Waals surface area contributed by atoms with E-state index in [1.165, 1.54) is 0 Å². The highest BCUT2D eigenvalue weighted by Crippen LogP contribution is 2.28. The van der Waals surface area contributed by atoms with Gasteiger partial charge in [-0.05, 0) is 64.8 Å². The first-order chi connectivity index (χ1) is 10.5. The summed E-state index contributed by atoms with van der Waals surface area (Å²) >= 11 is 3.42. The molecule has 0 bridgehead atoms. The first-order valence-corrected chi connectivity index (χ1v) is 7.31. The molecule has 2 aromatic carbocycles. The third kappa shape index (κ3) is 3.80. The van der Waals surface area contributed by atoms with Crippen LogP contribution >= 0.6 is 15.9 Å². The summed E-state index contributed by atoms with van der Waals surface area (Å²) in [5, 5.41) is 5.50.